The maximum atomic E-state index is 14.5. The van der Waals surface area contributed by atoms with E-state index in [1.807, 2.05) is 58.9 Å². The Morgan fingerprint density at radius 1 is 1.00 bits per heavy atom. The van der Waals surface area contributed by atoms with Crippen LogP contribution in [0.2, 0.25) is 0 Å². The van der Waals surface area contributed by atoms with Gasteiger partial charge in [0.05, 0.1) is 61.7 Å². The van der Waals surface area contributed by atoms with E-state index in [-0.39, 0.29) is 42.5 Å². The number of carbonyl (C=O) groups excluding carboxylic acids is 1. The van der Waals surface area contributed by atoms with Gasteiger partial charge in [-0.25, -0.2) is 8.42 Å². The summed E-state index contributed by atoms with van der Waals surface area (Å²) in [6.45, 7) is 14.4. The van der Waals surface area contributed by atoms with Gasteiger partial charge < -0.3 is 33.3 Å². The van der Waals surface area contributed by atoms with Crippen LogP contribution in [0.4, 0.5) is 5.69 Å². The van der Waals surface area contributed by atoms with Crippen LogP contribution in [0.25, 0.3) is 0 Å². The Bertz CT molecular complexity index is 1780. The van der Waals surface area contributed by atoms with Crippen molar-refractivity contribution in [1.82, 2.24) is 4.31 Å². The number of anilines is 1. The van der Waals surface area contributed by atoms with Crippen LogP contribution in [0.5, 0.6) is 5.75 Å². The summed E-state index contributed by atoms with van der Waals surface area (Å²) in [5, 5.41) is 0. The van der Waals surface area contributed by atoms with Crippen molar-refractivity contribution >= 4 is 21.7 Å². The van der Waals surface area contributed by atoms with Crippen molar-refractivity contribution in [3.63, 3.8) is 0 Å². The Balaban J connectivity index is 1.46. The number of nitrogens with zero attached hydrogens (tertiary/aromatic N) is 2. The summed E-state index contributed by atoms with van der Waals surface area (Å²) in [6, 6.07) is 20.8. The molecule has 11 nitrogen and oxygen atoms in total. The predicted octanol–water partition coefficient (Wildman–Crippen LogP) is 6.89. The molecule has 2 heterocycles. The van der Waals surface area contributed by atoms with Crippen LogP contribution in [0.3, 0.4) is 0 Å². The van der Waals surface area contributed by atoms with Gasteiger partial charge in [-0.3, -0.25) is 4.79 Å². The van der Waals surface area contributed by atoms with Crippen LogP contribution in [0, 0.1) is 12.3 Å². The molecule has 0 aromatic heterocycles. The molecule has 1 unspecified atom stereocenters. The summed E-state index contributed by atoms with van der Waals surface area (Å²) in [4.78, 5) is 15.5. The molecular formula is C43H60N2O9S. The number of benzene rings is 3. The number of carbonyl (C=O) groups is 1. The third-order valence-electron chi connectivity index (χ3n) is 10.6. The van der Waals surface area contributed by atoms with Gasteiger partial charge in [0.25, 0.3) is 0 Å². The zero-order chi connectivity index (χ0) is 39.6. The number of sulfonamides is 1. The van der Waals surface area contributed by atoms with Gasteiger partial charge >= 0.3 is 5.97 Å². The summed E-state index contributed by atoms with van der Waals surface area (Å²) in [7, 11) is -0.891. The minimum Gasteiger partial charge on any atom is -0.490 e. The van der Waals surface area contributed by atoms with E-state index in [1.165, 1.54) is 7.11 Å². The van der Waals surface area contributed by atoms with E-state index in [0.29, 0.717) is 39.5 Å². The highest BCUT2D eigenvalue weighted by Gasteiger charge is 2.46. The van der Waals surface area contributed by atoms with Crippen LogP contribution in [-0.2, 0) is 51.7 Å². The number of esters is 1. The minimum absolute atomic E-state index is 0.0103. The molecule has 302 valence electrons. The molecule has 5 rings (SSSR count). The second-order valence-corrected chi connectivity index (χ2v) is 17.2. The van der Waals surface area contributed by atoms with E-state index in [9.17, 15) is 13.2 Å². The molecule has 55 heavy (non-hydrogen) atoms. The third kappa shape index (κ3) is 11.1. The molecule has 2 aliphatic rings. The van der Waals surface area contributed by atoms with Crippen molar-refractivity contribution in [2.45, 2.75) is 96.2 Å². The molecule has 0 N–H and O–H groups in total. The lowest BCUT2D eigenvalue weighted by atomic mass is 9.77. The summed E-state index contributed by atoms with van der Waals surface area (Å²) in [6.07, 6.45) is 1.15. The Kier molecular flexibility index (Phi) is 15.2. The van der Waals surface area contributed by atoms with Crippen molar-refractivity contribution < 1.29 is 41.6 Å². The minimum atomic E-state index is -3.97. The Morgan fingerprint density at radius 2 is 1.73 bits per heavy atom. The van der Waals surface area contributed by atoms with Gasteiger partial charge in [-0.05, 0) is 94.8 Å². The summed E-state index contributed by atoms with van der Waals surface area (Å²) >= 11 is 0. The monoisotopic (exact) mass is 780 g/mol. The zero-order valence-electron chi connectivity index (χ0n) is 33.6. The normalized spacial score (nSPS) is 19.8. The topological polar surface area (TPSA) is 113 Å². The fourth-order valence-corrected chi connectivity index (χ4v) is 9.24. The first-order valence-corrected chi connectivity index (χ1v) is 20.9. The zero-order valence-corrected chi connectivity index (χ0v) is 34.4. The van der Waals surface area contributed by atoms with E-state index >= 15 is 0 Å². The fourth-order valence-electron chi connectivity index (χ4n) is 7.59. The second kappa shape index (κ2) is 19.6. The standard InChI is InChI=1S/C43H60N2O9S/c1-8-52-32(3)28-51-29-33-12-15-35(16-13-33)38-25-36(26-43(4,5)42(46)50-7)45(55(47,48)37-17-10-31(2)11-18-37)27-41(38)54-30-34-14-19-40-39(24-34)44(21-23-53-40)20-9-22-49-6/h10-19,24,32,36,38,41H,8-9,20-23,25-30H2,1-7H3/t32?,36-,38-,41+/m1/s1. The molecule has 0 spiro atoms. The van der Waals surface area contributed by atoms with E-state index in [1.54, 1.807) is 23.5 Å². The molecule has 0 radical (unpaired) electrons. The molecule has 2 aliphatic heterocycles. The molecule has 1 saturated heterocycles. The number of piperidine rings is 1. The SMILES string of the molecule is CCOC(C)COCc1ccc([C@H]2C[C@H](CC(C)(C)C(=O)OC)N(S(=O)(=O)c3ccc(C)cc3)C[C@@H]2OCc2ccc3c(c2)N(CCCOC)CCO3)cc1. The fraction of sp³-hybridized carbons (Fsp3) is 0.558. The van der Waals surface area contributed by atoms with Crippen LogP contribution < -0.4 is 9.64 Å². The van der Waals surface area contributed by atoms with Crippen LogP contribution >= 0.6 is 0 Å². The van der Waals surface area contributed by atoms with E-state index in [0.717, 1.165) is 53.2 Å². The molecule has 0 bridgehead atoms. The smallest absolute Gasteiger partial charge is 0.311 e. The summed E-state index contributed by atoms with van der Waals surface area (Å²) < 4.78 is 65.4. The molecule has 1 fully saturated rings. The number of fused-ring (bicyclic) bond motifs is 1. The van der Waals surface area contributed by atoms with Crippen molar-refractivity contribution in [3.05, 3.63) is 89.0 Å². The van der Waals surface area contributed by atoms with Gasteiger partial charge in [0.2, 0.25) is 10.0 Å². The highest BCUT2D eigenvalue weighted by Crippen LogP contribution is 2.42. The van der Waals surface area contributed by atoms with Crippen molar-refractivity contribution in [3.8, 4) is 5.75 Å². The van der Waals surface area contributed by atoms with Crippen molar-refractivity contribution in [1.29, 1.82) is 0 Å². The lowest BCUT2D eigenvalue weighted by Crippen LogP contribution is -2.54. The lowest BCUT2D eigenvalue weighted by Gasteiger charge is -2.45. The van der Waals surface area contributed by atoms with E-state index < -0.39 is 27.6 Å². The van der Waals surface area contributed by atoms with Gasteiger partial charge in [-0.2, -0.15) is 4.31 Å². The van der Waals surface area contributed by atoms with Crippen LogP contribution in [0.15, 0.2) is 71.6 Å². The number of aryl methyl sites for hydroxylation is 1. The number of ether oxygens (including phenoxy) is 6. The summed E-state index contributed by atoms with van der Waals surface area (Å²) in [5.74, 6) is 0.291. The number of hydrogen-bond acceptors (Lipinski definition) is 10. The van der Waals surface area contributed by atoms with Gasteiger partial charge in [0.15, 0.2) is 0 Å². The average molecular weight is 781 g/mol. The molecular weight excluding hydrogens is 721 g/mol. The average Bonchev–Trinajstić information content (AvgIpc) is 3.17. The summed E-state index contributed by atoms with van der Waals surface area (Å²) in [5.41, 5.74) is 4.08. The van der Waals surface area contributed by atoms with Gasteiger partial charge in [-0.15, -0.1) is 0 Å². The molecule has 4 atom stereocenters. The first-order valence-electron chi connectivity index (χ1n) is 19.4. The maximum absolute atomic E-state index is 14.5. The highest BCUT2D eigenvalue weighted by molar-refractivity contribution is 7.89. The molecule has 0 saturated carbocycles. The number of methoxy groups -OCH3 is 2. The van der Waals surface area contributed by atoms with E-state index in [4.69, 9.17) is 28.4 Å². The van der Waals surface area contributed by atoms with Crippen molar-refractivity contribution in [2.75, 3.05) is 65.2 Å². The first kappa shape index (κ1) is 42.6. The Labute approximate surface area is 328 Å². The lowest BCUT2D eigenvalue weighted by molar-refractivity contribution is -0.152. The Hall–Kier alpha value is -3.52. The van der Waals surface area contributed by atoms with Crippen LogP contribution in [-0.4, -0.2) is 97.2 Å². The predicted molar refractivity (Wildman–Crippen MR) is 213 cm³/mol. The largest absolute Gasteiger partial charge is 0.490 e. The number of rotatable bonds is 19. The third-order valence-corrected chi connectivity index (χ3v) is 12.5. The van der Waals surface area contributed by atoms with Crippen LogP contribution in [0.1, 0.15) is 75.1 Å². The maximum Gasteiger partial charge on any atom is 0.311 e. The quantitative estimate of drug-likeness (QED) is 0.0942. The van der Waals surface area contributed by atoms with E-state index in [2.05, 4.69) is 35.2 Å². The van der Waals surface area contributed by atoms with Crippen molar-refractivity contribution in [2.24, 2.45) is 5.41 Å². The van der Waals surface area contributed by atoms with Gasteiger partial charge in [0, 0.05) is 45.4 Å². The Morgan fingerprint density at radius 3 is 2.42 bits per heavy atom. The molecule has 0 amide bonds. The van der Waals surface area contributed by atoms with Gasteiger partial charge in [0.1, 0.15) is 12.4 Å². The molecule has 0 aliphatic carbocycles. The highest BCUT2D eigenvalue weighted by atomic mass is 32.2. The molecule has 3 aromatic carbocycles. The molecule has 3 aromatic rings. The second-order valence-electron chi connectivity index (χ2n) is 15.3. The van der Waals surface area contributed by atoms with Gasteiger partial charge in [-0.1, -0.05) is 48.0 Å². The first-order chi connectivity index (χ1) is 26.4. The number of hydrogen-bond donors (Lipinski definition) is 0. The molecule has 12 heteroatoms.